The van der Waals surface area contributed by atoms with Crippen LogP contribution in [0.5, 0.6) is 0 Å². The highest BCUT2D eigenvalue weighted by Gasteiger charge is 2.15. The summed E-state index contributed by atoms with van der Waals surface area (Å²) < 4.78 is 0. The molecule has 0 bridgehead atoms. The average Bonchev–Trinajstić information content (AvgIpc) is 2.04. The van der Waals surface area contributed by atoms with E-state index in [9.17, 15) is 4.79 Å². The molecule has 0 spiro atoms. The van der Waals surface area contributed by atoms with Gasteiger partial charge in [0.1, 0.15) is 0 Å². The number of carboxylic acids is 1. The van der Waals surface area contributed by atoms with E-state index in [0.717, 1.165) is 0 Å². The van der Waals surface area contributed by atoms with Crippen LogP contribution in [0.2, 0.25) is 0 Å². The Kier molecular flexibility index (Phi) is 2.65. The number of aromatic nitrogens is 1. The molecule has 1 heterocycles. The van der Waals surface area contributed by atoms with Gasteiger partial charge in [0.15, 0.2) is 0 Å². The second-order valence-electron chi connectivity index (χ2n) is 2.58. The molecule has 0 aromatic carbocycles. The van der Waals surface area contributed by atoms with Crippen LogP contribution in [0.25, 0.3) is 0 Å². The van der Waals surface area contributed by atoms with Crippen LogP contribution in [-0.4, -0.2) is 33.2 Å². The predicted octanol–water partition coefficient (Wildman–Crippen LogP) is -1.23. The molecule has 0 radical (unpaired) electrons. The maximum absolute atomic E-state index is 10.6. The molecule has 0 aliphatic heterocycles. The monoisotopic (exact) mass is 181 g/mol. The first-order valence-corrected chi connectivity index (χ1v) is 3.58. The number of hydrogen-bond donors (Lipinski definition) is 3. The quantitative estimate of drug-likeness (QED) is 0.496. The van der Waals surface area contributed by atoms with Gasteiger partial charge in [-0.05, 0) is 13.0 Å². The Morgan fingerprint density at radius 1 is 1.54 bits per heavy atom. The lowest BCUT2D eigenvalue weighted by molar-refractivity contribution is 0.0695. The number of hydrogen-bond acceptors (Lipinski definition) is 4. The zero-order chi connectivity index (χ0) is 10.0. The molecular formula is C7H8BNO4. The van der Waals surface area contributed by atoms with Crippen molar-refractivity contribution < 1.29 is 19.9 Å². The number of nitrogens with zero attached hydrogens (tertiary/aromatic N) is 1. The van der Waals surface area contributed by atoms with Crippen LogP contribution >= 0.6 is 0 Å². The van der Waals surface area contributed by atoms with E-state index in [-0.39, 0.29) is 11.0 Å². The summed E-state index contributed by atoms with van der Waals surface area (Å²) in [4.78, 5) is 14.3. The molecule has 0 amide bonds. The molecule has 0 atom stereocenters. The number of aromatic carboxylic acids is 1. The van der Waals surface area contributed by atoms with Crippen molar-refractivity contribution in [1.82, 2.24) is 4.98 Å². The smallest absolute Gasteiger partial charge is 0.478 e. The summed E-state index contributed by atoms with van der Waals surface area (Å²) in [5, 5.41) is 26.2. The molecular weight excluding hydrogens is 173 g/mol. The Bertz CT molecular complexity index is 339. The molecule has 68 valence electrons. The first-order valence-electron chi connectivity index (χ1n) is 3.58. The second kappa shape index (κ2) is 3.55. The number of carbonyl (C=O) groups is 1. The lowest BCUT2D eigenvalue weighted by Crippen LogP contribution is -2.31. The summed E-state index contributed by atoms with van der Waals surface area (Å²) in [6, 6.07) is 1.19. The molecule has 6 heteroatoms. The van der Waals surface area contributed by atoms with Crippen LogP contribution in [0.1, 0.15) is 16.1 Å². The van der Waals surface area contributed by atoms with Gasteiger partial charge in [-0.1, -0.05) is 0 Å². The van der Waals surface area contributed by atoms with Gasteiger partial charge < -0.3 is 15.2 Å². The molecule has 3 N–H and O–H groups in total. The van der Waals surface area contributed by atoms with Gasteiger partial charge in [-0.3, -0.25) is 4.98 Å². The van der Waals surface area contributed by atoms with Crippen LogP contribution in [0.15, 0.2) is 12.3 Å². The first-order chi connectivity index (χ1) is 6.02. The summed E-state index contributed by atoms with van der Waals surface area (Å²) in [6.45, 7) is 1.54. The van der Waals surface area contributed by atoms with Gasteiger partial charge in [-0.2, -0.15) is 0 Å². The van der Waals surface area contributed by atoms with Gasteiger partial charge >= 0.3 is 13.1 Å². The van der Waals surface area contributed by atoms with Crippen molar-refractivity contribution in [3.63, 3.8) is 0 Å². The van der Waals surface area contributed by atoms with Gasteiger partial charge in [0, 0.05) is 11.7 Å². The zero-order valence-corrected chi connectivity index (χ0v) is 6.93. The van der Waals surface area contributed by atoms with Crippen LogP contribution < -0.4 is 5.46 Å². The fourth-order valence-electron chi connectivity index (χ4n) is 0.907. The summed E-state index contributed by atoms with van der Waals surface area (Å²) >= 11 is 0. The van der Waals surface area contributed by atoms with E-state index in [4.69, 9.17) is 15.2 Å². The van der Waals surface area contributed by atoms with E-state index in [1.54, 1.807) is 0 Å². The molecule has 0 unspecified atom stereocenters. The molecule has 1 rings (SSSR count). The Morgan fingerprint density at radius 3 is 2.62 bits per heavy atom. The Labute approximate surface area is 74.8 Å². The summed E-state index contributed by atoms with van der Waals surface area (Å²) in [7, 11) is -1.69. The number of aryl methyl sites for hydroxylation is 1. The van der Waals surface area contributed by atoms with Crippen molar-refractivity contribution in [3.05, 3.63) is 23.5 Å². The van der Waals surface area contributed by atoms with E-state index in [1.807, 2.05) is 0 Å². The van der Waals surface area contributed by atoms with E-state index in [0.29, 0.717) is 5.69 Å². The van der Waals surface area contributed by atoms with E-state index in [2.05, 4.69) is 4.98 Å². The number of carboxylic acid groups (broad SMARTS) is 1. The highest BCUT2D eigenvalue weighted by molar-refractivity contribution is 6.58. The molecule has 5 nitrogen and oxygen atoms in total. The van der Waals surface area contributed by atoms with Crippen LogP contribution in [0.4, 0.5) is 0 Å². The van der Waals surface area contributed by atoms with Gasteiger partial charge in [0.25, 0.3) is 0 Å². The Hall–Kier alpha value is -1.40. The highest BCUT2D eigenvalue weighted by Crippen LogP contribution is 2.01. The maximum Gasteiger partial charge on any atom is 0.490 e. The minimum absolute atomic E-state index is 0.0226. The van der Waals surface area contributed by atoms with Crippen molar-refractivity contribution in [2.75, 3.05) is 0 Å². The Balaban J connectivity index is 3.19. The lowest BCUT2D eigenvalue weighted by atomic mass is 9.81. The molecule has 0 aliphatic carbocycles. The van der Waals surface area contributed by atoms with Crippen LogP contribution in [0.3, 0.4) is 0 Å². The van der Waals surface area contributed by atoms with Gasteiger partial charge in [-0.15, -0.1) is 0 Å². The zero-order valence-electron chi connectivity index (χ0n) is 6.93. The SMILES string of the molecule is Cc1ncc(B(O)O)cc1C(=O)O. The van der Waals surface area contributed by atoms with Gasteiger partial charge in [0.05, 0.1) is 11.3 Å². The number of pyridine rings is 1. The molecule has 0 fully saturated rings. The molecule has 1 aromatic heterocycles. The third kappa shape index (κ3) is 2.04. The largest absolute Gasteiger partial charge is 0.490 e. The minimum atomic E-state index is -1.69. The molecule has 0 aliphatic rings. The van der Waals surface area contributed by atoms with Gasteiger partial charge in [0.2, 0.25) is 0 Å². The van der Waals surface area contributed by atoms with Crippen molar-refractivity contribution in [3.8, 4) is 0 Å². The van der Waals surface area contributed by atoms with Crippen LogP contribution in [0, 0.1) is 6.92 Å². The van der Waals surface area contributed by atoms with Crippen molar-refractivity contribution in [2.24, 2.45) is 0 Å². The average molecular weight is 181 g/mol. The highest BCUT2D eigenvalue weighted by atomic mass is 16.4. The van der Waals surface area contributed by atoms with E-state index >= 15 is 0 Å². The maximum atomic E-state index is 10.6. The summed E-state index contributed by atoms with van der Waals surface area (Å²) in [6.07, 6.45) is 1.23. The van der Waals surface area contributed by atoms with Gasteiger partial charge in [-0.25, -0.2) is 4.79 Å². The predicted molar refractivity (Wildman–Crippen MR) is 45.8 cm³/mol. The van der Waals surface area contributed by atoms with Crippen molar-refractivity contribution >= 4 is 18.6 Å². The third-order valence-electron chi connectivity index (χ3n) is 1.64. The van der Waals surface area contributed by atoms with Crippen molar-refractivity contribution in [2.45, 2.75) is 6.92 Å². The van der Waals surface area contributed by atoms with E-state index < -0.39 is 13.1 Å². The fourth-order valence-corrected chi connectivity index (χ4v) is 0.907. The second-order valence-corrected chi connectivity index (χ2v) is 2.58. The molecule has 1 aromatic rings. The standard InChI is InChI=1S/C7H8BNO4/c1-4-6(7(10)11)2-5(3-9-4)8(12)13/h2-3,12-13H,1H3,(H,10,11). The van der Waals surface area contributed by atoms with Crippen molar-refractivity contribution in [1.29, 1.82) is 0 Å². The molecule has 0 saturated heterocycles. The molecule has 13 heavy (non-hydrogen) atoms. The summed E-state index contributed by atoms with van der Waals surface area (Å²) in [5.74, 6) is -1.13. The first kappa shape index (κ1) is 9.69. The van der Waals surface area contributed by atoms with Crippen LogP contribution in [-0.2, 0) is 0 Å². The minimum Gasteiger partial charge on any atom is -0.478 e. The number of rotatable bonds is 2. The summed E-state index contributed by atoms with van der Waals surface area (Å²) in [5.41, 5.74) is 0.394. The lowest BCUT2D eigenvalue weighted by Gasteiger charge is -2.02. The topological polar surface area (TPSA) is 90.7 Å². The fraction of sp³-hybridized carbons (Fsp3) is 0.143. The molecule has 0 saturated carbocycles. The Morgan fingerprint density at radius 2 is 2.15 bits per heavy atom. The third-order valence-corrected chi connectivity index (χ3v) is 1.64. The normalized spacial score (nSPS) is 9.77. The van der Waals surface area contributed by atoms with E-state index in [1.165, 1.54) is 19.2 Å².